The van der Waals surface area contributed by atoms with Crippen molar-refractivity contribution in [3.05, 3.63) is 58.7 Å². The van der Waals surface area contributed by atoms with E-state index in [0.29, 0.717) is 23.6 Å². The first-order chi connectivity index (χ1) is 13.7. The predicted octanol–water partition coefficient (Wildman–Crippen LogP) is 3.19. The lowest BCUT2D eigenvalue weighted by Gasteiger charge is -2.23. The summed E-state index contributed by atoms with van der Waals surface area (Å²) in [6, 6.07) is 10.5. The molecular weight excluding hydrogens is 356 g/mol. The van der Waals surface area contributed by atoms with Crippen LogP contribution in [-0.4, -0.2) is 22.3 Å². The molecule has 1 aliphatic heterocycles. The minimum Gasteiger partial charge on any atom is -0.463 e. The second kappa shape index (κ2) is 7.71. The van der Waals surface area contributed by atoms with Gasteiger partial charge in [-0.15, -0.1) is 0 Å². The Hall–Kier alpha value is -3.37. The molecule has 2 N–H and O–H groups in total. The predicted molar refractivity (Wildman–Crippen MR) is 104 cm³/mol. The summed E-state index contributed by atoms with van der Waals surface area (Å²) in [5.74, 6) is 0.682. The fourth-order valence-corrected chi connectivity index (χ4v) is 3.44. The van der Waals surface area contributed by atoms with Crippen LogP contribution in [0.15, 0.2) is 52.0 Å². The van der Waals surface area contributed by atoms with Gasteiger partial charge in [-0.25, -0.2) is 4.98 Å². The van der Waals surface area contributed by atoms with Crippen LogP contribution in [0.25, 0.3) is 22.6 Å². The lowest BCUT2D eigenvalue weighted by Crippen LogP contribution is -2.30. The van der Waals surface area contributed by atoms with Gasteiger partial charge in [-0.3, -0.25) is 4.79 Å². The molecule has 1 saturated heterocycles. The number of nitrogens with two attached hydrogens (primary N) is 1. The van der Waals surface area contributed by atoms with Crippen molar-refractivity contribution in [3.63, 3.8) is 0 Å². The minimum atomic E-state index is -0.0959. The van der Waals surface area contributed by atoms with E-state index in [1.165, 1.54) is 6.07 Å². The van der Waals surface area contributed by atoms with Crippen LogP contribution in [0.5, 0.6) is 0 Å². The van der Waals surface area contributed by atoms with Crippen LogP contribution in [0.4, 0.5) is 5.82 Å². The van der Waals surface area contributed by atoms with E-state index in [1.807, 2.05) is 0 Å². The fraction of sp³-hybridized carbons (Fsp3) is 0.286. The van der Waals surface area contributed by atoms with E-state index in [4.69, 9.17) is 14.9 Å². The Labute approximate surface area is 162 Å². The van der Waals surface area contributed by atoms with Gasteiger partial charge >= 0.3 is 0 Å². The molecule has 3 aromatic rings. The number of nitrogens with zero attached hydrogens (tertiary/aromatic N) is 3. The molecule has 1 unspecified atom stereocenters. The third kappa shape index (κ3) is 3.55. The van der Waals surface area contributed by atoms with Gasteiger partial charge in [-0.05, 0) is 43.5 Å². The Bertz CT molecular complexity index is 1070. The first-order valence-electron chi connectivity index (χ1n) is 9.22. The summed E-state index contributed by atoms with van der Waals surface area (Å²) in [6.45, 7) is 1.23. The van der Waals surface area contributed by atoms with E-state index in [9.17, 15) is 10.1 Å². The zero-order valence-corrected chi connectivity index (χ0v) is 15.3. The maximum absolute atomic E-state index is 12.4. The van der Waals surface area contributed by atoms with Crippen molar-refractivity contribution in [3.8, 4) is 28.7 Å². The van der Waals surface area contributed by atoms with Crippen LogP contribution in [0.2, 0.25) is 0 Å². The Kier molecular flexibility index (Phi) is 4.96. The summed E-state index contributed by atoms with van der Waals surface area (Å²) < 4.78 is 12.9. The van der Waals surface area contributed by atoms with E-state index in [0.717, 1.165) is 31.4 Å². The molecule has 4 rings (SSSR count). The minimum absolute atomic E-state index is 0.0328. The molecule has 7 heteroatoms. The Morgan fingerprint density at radius 3 is 2.93 bits per heavy atom. The van der Waals surface area contributed by atoms with Gasteiger partial charge in [-0.1, -0.05) is 0 Å². The monoisotopic (exact) mass is 376 g/mol. The van der Waals surface area contributed by atoms with Crippen LogP contribution >= 0.6 is 0 Å². The molecule has 3 aromatic heterocycles. The number of anilines is 1. The summed E-state index contributed by atoms with van der Waals surface area (Å²) in [7, 11) is 0. The molecule has 142 valence electrons. The largest absolute Gasteiger partial charge is 0.463 e. The van der Waals surface area contributed by atoms with Gasteiger partial charge in [-0.2, -0.15) is 5.26 Å². The topological polar surface area (TPSA) is 107 Å². The third-order valence-corrected chi connectivity index (χ3v) is 4.90. The molecule has 7 nitrogen and oxygen atoms in total. The molecule has 0 aliphatic carbocycles. The normalized spacial score (nSPS) is 16.6. The van der Waals surface area contributed by atoms with Crippen molar-refractivity contribution < 1.29 is 9.15 Å². The maximum atomic E-state index is 12.4. The van der Waals surface area contributed by atoms with Crippen molar-refractivity contribution in [1.29, 1.82) is 5.26 Å². The van der Waals surface area contributed by atoms with Gasteiger partial charge in [0.1, 0.15) is 17.6 Å². The molecule has 0 saturated carbocycles. The lowest BCUT2D eigenvalue weighted by atomic mass is 10.0. The van der Waals surface area contributed by atoms with E-state index < -0.39 is 0 Å². The SMILES string of the molecule is N#Cc1cc(-c2ccc(=O)n(CC3CCCCO3)c2)c(-c2ccco2)nc1N. The summed E-state index contributed by atoms with van der Waals surface area (Å²) in [4.78, 5) is 16.7. The van der Waals surface area contributed by atoms with Gasteiger partial charge in [0.2, 0.25) is 0 Å². The van der Waals surface area contributed by atoms with Gasteiger partial charge in [0.05, 0.1) is 24.5 Å². The zero-order chi connectivity index (χ0) is 19.5. The quantitative estimate of drug-likeness (QED) is 0.749. The van der Waals surface area contributed by atoms with Crippen molar-refractivity contribution in [2.24, 2.45) is 0 Å². The van der Waals surface area contributed by atoms with Gasteiger partial charge < -0.3 is 19.5 Å². The van der Waals surface area contributed by atoms with Crippen LogP contribution < -0.4 is 11.3 Å². The smallest absolute Gasteiger partial charge is 0.250 e. The molecule has 0 radical (unpaired) electrons. The number of nitrogen functional groups attached to an aromatic ring is 1. The van der Waals surface area contributed by atoms with Crippen molar-refractivity contribution in [2.45, 2.75) is 31.9 Å². The highest BCUT2D eigenvalue weighted by molar-refractivity contribution is 5.81. The molecule has 1 aliphatic rings. The molecule has 4 heterocycles. The van der Waals surface area contributed by atoms with Gasteiger partial charge in [0.15, 0.2) is 5.76 Å². The number of ether oxygens (including phenoxy) is 1. The van der Waals surface area contributed by atoms with Crippen LogP contribution in [0.1, 0.15) is 24.8 Å². The average Bonchev–Trinajstić information content (AvgIpc) is 3.25. The number of nitriles is 1. The van der Waals surface area contributed by atoms with Crippen LogP contribution in [-0.2, 0) is 11.3 Å². The number of rotatable bonds is 4. The molecule has 0 aromatic carbocycles. The summed E-state index contributed by atoms with van der Waals surface area (Å²) >= 11 is 0. The number of aromatic nitrogens is 2. The third-order valence-electron chi connectivity index (χ3n) is 4.90. The molecule has 0 bridgehead atoms. The zero-order valence-electron chi connectivity index (χ0n) is 15.3. The Balaban J connectivity index is 1.79. The van der Waals surface area contributed by atoms with E-state index >= 15 is 0 Å². The fourth-order valence-electron chi connectivity index (χ4n) is 3.44. The van der Waals surface area contributed by atoms with Crippen molar-refractivity contribution >= 4 is 5.82 Å². The number of hydrogen-bond acceptors (Lipinski definition) is 6. The molecule has 28 heavy (non-hydrogen) atoms. The van der Waals surface area contributed by atoms with Crippen molar-refractivity contribution in [2.75, 3.05) is 12.3 Å². The summed E-state index contributed by atoms with van der Waals surface area (Å²) in [5, 5.41) is 9.36. The first-order valence-corrected chi connectivity index (χ1v) is 9.22. The second-order valence-corrected chi connectivity index (χ2v) is 6.80. The Morgan fingerprint density at radius 2 is 2.21 bits per heavy atom. The summed E-state index contributed by atoms with van der Waals surface area (Å²) in [5.41, 5.74) is 8.06. The van der Waals surface area contributed by atoms with Crippen LogP contribution in [0, 0.1) is 11.3 Å². The number of pyridine rings is 2. The van der Waals surface area contributed by atoms with Crippen molar-refractivity contribution in [1.82, 2.24) is 9.55 Å². The second-order valence-electron chi connectivity index (χ2n) is 6.80. The van der Waals surface area contributed by atoms with E-state index in [1.54, 1.807) is 41.3 Å². The van der Waals surface area contributed by atoms with Crippen LogP contribution in [0.3, 0.4) is 0 Å². The molecule has 0 amide bonds. The first kappa shape index (κ1) is 18.0. The average molecular weight is 376 g/mol. The molecule has 1 fully saturated rings. The number of hydrogen-bond donors (Lipinski definition) is 1. The number of furan rings is 1. The molecule has 0 spiro atoms. The summed E-state index contributed by atoms with van der Waals surface area (Å²) in [6.07, 6.45) is 6.47. The van der Waals surface area contributed by atoms with Gasteiger partial charge in [0, 0.05) is 30.0 Å². The van der Waals surface area contributed by atoms with E-state index in [-0.39, 0.29) is 23.0 Å². The standard InChI is InChI=1S/C21H20N4O3/c22-11-15-10-17(20(24-21(15)23)18-5-3-9-28-18)14-6-7-19(26)25(12-14)13-16-4-1-2-8-27-16/h3,5-7,9-10,12,16H,1-2,4,8,13H2,(H2,23,24). The van der Waals surface area contributed by atoms with E-state index in [2.05, 4.69) is 11.1 Å². The lowest BCUT2D eigenvalue weighted by molar-refractivity contribution is 0.00545. The maximum Gasteiger partial charge on any atom is 0.250 e. The Morgan fingerprint density at radius 1 is 1.32 bits per heavy atom. The highest BCUT2D eigenvalue weighted by atomic mass is 16.5. The van der Waals surface area contributed by atoms with Gasteiger partial charge in [0.25, 0.3) is 5.56 Å². The molecular formula is C21H20N4O3. The highest BCUT2D eigenvalue weighted by Crippen LogP contribution is 2.33. The molecule has 1 atom stereocenters. The highest BCUT2D eigenvalue weighted by Gasteiger charge is 2.18.